The number of phenolic OH excluding ortho intramolecular Hbond substituents is 1. The number of pyridine rings is 1. The SMILES string of the molecule is Cc1cc2c(c3c(C)cccc13)CCN2C(=O)c1cn2cc(NC(=O)c3ccc(O)cc3)ccc2n1. The van der Waals surface area contributed by atoms with Gasteiger partial charge in [0.1, 0.15) is 17.1 Å². The number of hydrogen-bond acceptors (Lipinski definition) is 4. The van der Waals surface area contributed by atoms with Crippen LogP contribution in [-0.4, -0.2) is 32.9 Å². The lowest BCUT2D eigenvalue weighted by Crippen LogP contribution is -2.29. The van der Waals surface area contributed by atoms with Gasteiger partial charge >= 0.3 is 0 Å². The number of rotatable bonds is 3. The molecular formula is C29H24N4O3. The fourth-order valence-electron chi connectivity index (χ4n) is 5.07. The Morgan fingerprint density at radius 1 is 0.972 bits per heavy atom. The standard InChI is InChI=1S/C29H24N4O3/c1-17-4-3-5-22-18(2)14-25-23(27(17)22)12-13-33(25)29(36)24-16-32-15-20(8-11-26(32)31-24)30-28(35)19-6-9-21(34)10-7-19/h3-11,14-16,34H,12-13H2,1-2H3,(H,30,35). The minimum Gasteiger partial charge on any atom is -0.508 e. The Balaban J connectivity index is 1.29. The molecule has 5 aromatic rings. The third-order valence-electron chi connectivity index (χ3n) is 6.84. The molecule has 0 bridgehead atoms. The second kappa shape index (κ2) is 8.23. The first-order valence-electron chi connectivity index (χ1n) is 11.8. The van der Waals surface area contributed by atoms with Crippen molar-refractivity contribution in [3.8, 4) is 5.75 Å². The van der Waals surface area contributed by atoms with E-state index in [-0.39, 0.29) is 17.6 Å². The van der Waals surface area contributed by atoms with Crippen molar-refractivity contribution in [3.05, 3.63) is 101 Å². The molecule has 36 heavy (non-hydrogen) atoms. The highest BCUT2D eigenvalue weighted by atomic mass is 16.3. The minimum absolute atomic E-state index is 0.0997. The van der Waals surface area contributed by atoms with Gasteiger partial charge in [0, 0.05) is 30.2 Å². The molecule has 6 rings (SSSR count). The maximum absolute atomic E-state index is 13.5. The molecule has 2 aromatic heterocycles. The molecular weight excluding hydrogens is 452 g/mol. The molecule has 0 radical (unpaired) electrons. The average Bonchev–Trinajstić information content (AvgIpc) is 3.48. The van der Waals surface area contributed by atoms with Crippen LogP contribution in [0, 0.1) is 13.8 Å². The number of phenols is 1. The Morgan fingerprint density at radius 3 is 2.58 bits per heavy atom. The smallest absolute Gasteiger partial charge is 0.278 e. The van der Waals surface area contributed by atoms with Gasteiger partial charge in [-0.3, -0.25) is 9.59 Å². The second-order valence-corrected chi connectivity index (χ2v) is 9.21. The molecule has 1 aliphatic rings. The molecule has 0 atom stereocenters. The molecule has 2 N–H and O–H groups in total. The number of hydrogen-bond donors (Lipinski definition) is 2. The summed E-state index contributed by atoms with van der Waals surface area (Å²) in [6.07, 6.45) is 4.24. The van der Waals surface area contributed by atoms with Gasteiger partial charge in [-0.15, -0.1) is 0 Å². The van der Waals surface area contributed by atoms with Crippen LogP contribution in [0.3, 0.4) is 0 Å². The van der Waals surface area contributed by atoms with Gasteiger partial charge in [0.25, 0.3) is 11.8 Å². The molecule has 0 unspecified atom stereocenters. The van der Waals surface area contributed by atoms with E-state index >= 15 is 0 Å². The Kier molecular flexibility index (Phi) is 5.00. The van der Waals surface area contributed by atoms with Gasteiger partial charge in [-0.05, 0) is 90.2 Å². The predicted molar refractivity (Wildman–Crippen MR) is 140 cm³/mol. The van der Waals surface area contributed by atoms with Gasteiger partial charge in [0.2, 0.25) is 0 Å². The zero-order valence-corrected chi connectivity index (χ0v) is 19.9. The summed E-state index contributed by atoms with van der Waals surface area (Å²) in [5.41, 5.74) is 6.51. The predicted octanol–water partition coefficient (Wildman–Crippen LogP) is 5.27. The van der Waals surface area contributed by atoms with Gasteiger partial charge in [-0.2, -0.15) is 0 Å². The summed E-state index contributed by atoms with van der Waals surface area (Å²) in [6.45, 7) is 4.82. The van der Waals surface area contributed by atoms with E-state index in [0.717, 1.165) is 17.7 Å². The van der Waals surface area contributed by atoms with Crippen LogP contribution >= 0.6 is 0 Å². The zero-order valence-electron chi connectivity index (χ0n) is 19.9. The second-order valence-electron chi connectivity index (χ2n) is 9.21. The molecule has 7 nitrogen and oxygen atoms in total. The summed E-state index contributed by atoms with van der Waals surface area (Å²) < 4.78 is 1.74. The number of imidazole rings is 1. The highest BCUT2D eigenvalue weighted by Gasteiger charge is 2.29. The summed E-state index contributed by atoms with van der Waals surface area (Å²) in [7, 11) is 0. The molecule has 0 spiro atoms. The first-order valence-corrected chi connectivity index (χ1v) is 11.8. The Hall–Kier alpha value is -4.65. The van der Waals surface area contributed by atoms with E-state index in [2.05, 4.69) is 48.4 Å². The summed E-state index contributed by atoms with van der Waals surface area (Å²) in [5, 5.41) is 14.7. The van der Waals surface area contributed by atoms with E-state index in [4.69, 9.17) is 0 Å². The van der Waals surface area contributed by atoms with Crippen LogP contribution in [-0.2, 0) is 6.42 Å². The zero-order chi connectivity index (χ0) is 25.0. The van der Waals surface area contributed by atoms with E-state index in [1.54, 1.807) is 41.1 Å². The fraction of sp³-hybridized carbons (Fsp3) is 0.138. The number of benzene rings is 3. The highest BCUT2D eigenvalue weighted by molar-refractivity contribution is 6.09. The van der Waals surface area contributed by atoms with Crippen LogP contribution in [0.15, 0.2) is 73.1 Å². The molecule has 0 saturated heterocycles. The van der Waals surface area contributed by atoms with E-state index in [9.17, 15) is 14.7 Å². The summed E-state index contributed by atoms with van der Waals surface area (Å²) in [5.74, 6) is -0.334. The van der Waals surface area contributed by atoms with Gasteiger partial charge in [-0.25, -0.2) is 4.98 Å². The van der Waals surface area contributed by atoms with Crippen LogP contribution in [0.2, 0.25) is 0 Å². The number of nitrogens with zero attached hydrogens (tertiary/aromatic N) is 3. The van der Waals surface area contributed by atoms with Crippen molar-refractivity contribution in [1.82, 2.24) is 9.38 Å². The van der Waals surface area contributed by atoms with E-state index < -0.39 is 0 Å². The number of aryl methyl sites for hydroxylation is 2. The molecule has 3 aromatic carbocycles. The monoisotopic (exact) mass is 476 g/mol. The Morgan fingerprint density at radius 2 is 1.78 bits per heavy atom. The molecule has 178 valence electrons. The van der Waals surface area contributed by atoms with Crippen LogP contribution in [0.5, 0.6) is 5.75 Å². The quantitative estimate of drug-likeness (QED) is 0.372. The Bertz CT molecular complexity index is 1690. The Labute approximate surface area is 207 Å². The molecule has 2 amide bonds. The molecule has 1 aliphatic heterocycles. The summed E-state index contributed by atoms with van der Waals surface area (Å²) in [6, 6.07) is 18.0. The molecule has 7 heteroatoms. The third kappa shape index (κ3) is 3.56. The van der Waals surface area contributed by atoms with Crippen LogP contribution in [0.25, 0.3) is 16.4 Å². The van der Waals surface area contributed by atoms with Crippen LogP contribution in [0.4, 0.5) is 11.4 Å². The molecule has 0 saturated carbocycles. The van der Waals surface area contributed by atoms with Crippen molar-refractivity contribution in [2.45, 2.75) is 20.3 Å². The minimum atomic E-state index is -0.294. The topological polar surface area (TPSA) is 86.9 Å². The van der Waals surface area contributed by atoms with Gasteiger partial charge < -0.3 is 19.7 Å². The molecule has 0 fully saturated rings. The number of carbonyl (C=O) groups is 2. The first kappa shape index (κ1) is 21.9. The van der Waals surface area contributed by atoms with Crippen molar-refractivity contribution < 1.29 is 14.7 Å². The number of fused-ring (bicyclic) bond motifs is 4. The number of aromatic nitrogens is 2. The van der Waals surface area contributed by atoms with Crippen LogP contribution < -0.4 is 10.2 Å². The van der Waals surface area contributed by atoms with Crippen molar-refractivity contribution >= 4 is 39.6 Å². The van der Waals surface area contributed by atoms with E-state index in [1.807, 2.05) is 4.90 Å². The lowest BCUT2D eigenvalue weighted by atomic mass is 9.95. The first-order chi connectivity index (χ1) is 17.4. The van der Waals surface area contributed by atoms with Crippen molar-refractivity contribution in [2.75, 3.05) is 16.8 Å². The van der Waals surface area contributed by atoms with E-state index in [0.29, 0.717) is 29.1 Å². The maximum Gasteiger partial charge on any atom is 0.278 e. The molecule has 0 aliphatic carbocycles. The lowest BCUT2D eigenvalue weighted by molar-refractivity contribution is 0.0983. The molecule has 3 heterocycles. The normalized spacial score (nSPS) is 12.8. The number of aromatic hydroxyl groups is 1. The van der Waals surface area contributed by atoms with Crippen LogP contribution in [0.1, 0.15) is 37.5 Å². The van der Waals surface area contributed by atoms with Gasteiger partial charge in [0.05, 0.1) is 5.69 Å². The number of anilines is 2. The van der Waals surface area contributed by atoms with Crippen molar-refractivity contribution in [3.63, 3.8) is 0 Å². The largest absolute Gasteiger partial charge is 0.508 e. The van der Waals surface area contributed by atoms with Crippen molar-refractivity contribution in [1.29, 1.82) is 0 Å². The van der Waals surface area contributed by atoms with Gasteiger partial charge in [0.15, 0.2) is 0 Å². The highest BCUT2D eigenvalue weighted by Crippen LogP contribution is 2.38. The summed E-state index contributed by atoms with van der Waals surface area (Å²) >= 11 is 0. The number of carbonyl (C=O) groups excluding carboxylic acids is 2. The average molecular weight is 477 g/mol. The summed E-state index contributed by atoms with van der Waals surface area (Å²) in [4.78, 5) is 32.5. The maximum atomic E-state index is 13.5. The van der Waals surface area contributed by atoms with Crippen molar-refractivity contribution in [2.24, 2.45) is 0 Å². The number of amides is 2. The number of nitrogens with one attached hydrogen (secondary N) is 1. The third-order valence-corrected chi connectivity index (χ3v) is 6.84. The van der Waals surface area contributed by atoms with E-state index in [1.165, 1.54) is 34.0 Å². The lowest BCUT2D eigenvalue weighted by Gasteiger charge is -2.18. The fourth-order valence-corrected chi connectivity index (χ4v) is 5.07. The van der Waals surface area contributed by atoms with Gasteiger partial charge in [-0.1, -0.05) is 18.2 Å².